The van der Waals surface area contributed by atoms with Crippen molar-refractivity contribution in [2.45, 2.75) is 20.4 Å². The zero-order chi connectivity index (χ0) is 9.30. The van der Waals surface area contributed by atoms with E-state index in [2.05, 4.69) is 0 Å². The van der Waals surface area contributed by atoms with Gasteiger partial charge in [-0.3, -0.25) is 9.36 Å². The van der Waals surface area contributed by atoms with Crippen LogP contribution in [0.25, 0.3) is 0 Å². The Labute approximate surface area is 75.2 Å². The molecule has 1 aromatic rings. The van der Waals surface area contributed by atoms with Crippen molar-refractivity contribution in [1.29, 1.82) is 0 Å². The van der Waals surface area contributed by atoms with E-state index in [0.717, 1.165) is 0 Å². The molecule has 1 N–H and O–H groups in total. The first-order valence-electron chi connectivity index (χ1n) is 3.66. The number of aromatic hydroxyl groups is 1. The largest absolute Gasteiger partial charge is 0.494 e. The number of rotatable bonds is 1. The lowest BCUT2D eigenvalue weighted by molar-refractivity contribution is 0.411. The minimum absolute atomic E-state index is 0.0376. The van der Waals surface area contributed by atoms with Gasteiger partial charge in [0.2, 0.25) is 0 Å². The Hall–Kier alpha value is -0.960. The number of aromatic nitrogens is 1. The highest BCUT2D eigenvalue weighted by atomic mass is 35.5. The van der Waals surface area contributed by atoms with Crippen LogP contribution in [0, 0.1) is 6.92 Å². The van der Waals surface area contributed by atoms with Crippen LogP contribution in [0.1, 0.15) is 12.5 Å². The van der Waals surface area contributed by atoms with Crippen LogP contribution < -0.4 is 5.56 Å². The molecule has 0 saturated heterocycles. The first-order valence-corrected chi connectivity index (χ1v) is 4.04. The molecule has 0 fully saturated rings. The maximum atomic E-state index is 11.3. The summed E-state index contributed by atoms with van der Waals surface area (Å²) in [6.45, 7) is 3.88. The zero-order valence-corrected chi connectivity index (χ0v) is 7.72. The fourth-order valence-electron chi connectivity index (χ4n) is 1.03. The summed E-state index contributed by atoms with van der Waals surface area (Å²) in [4.78, 5) is 11.3. The molecule has 0 aliphatic carbocycles. The summed E-state index contributed by atoms with van der Waals surface area (Å²) in [7, 11) is 0. The number of pyridine rings is 1. The Morgan fingerprint density at radius 1 is 1.67 bits per heavy atom. The minimum Gasteiger partial charge on any atom is -0.494 e. The quantitative estimate of drug-likeness (QED) is 0.725. The van der Waals surface area contributed by atoms with Crippen LogP contribution in [-0.2, 0) is 6.54 Å². The molecule has 3 nitrogen and oxygen atoms in total. The van der Waals surface area contributed by atoms with Crippen molar-refractivity contribution in [1.82, 2.24) is 4.57 Å². The van der Waals surface area contributed by atoms with Gasteiger partial charge in [0.05, 0.1) is 0 Å². The highest BCUT2D eigenvalue weighted by Gasteiger charge is 2.07. The highest BCUT2D eigenvalue weighted by molar-refractivity contribution is 6.31. The summed E-state index contributed by atoms with van der Waals surface area (Å²) in [5.74, 6) is -0.0376. The first kappa shape index (κ1) is 9.13. The average Bonchev–Trinajstić information content (AvgIpc) is 2.01. The van der Waals surface area contributed by atoms with Crippen molar-refractivity contribution in [3.8, 4) is 5.88 Å². The third kappa shape index (κ3) is 1.32. The molecule has 1 rings (SSSR count). The smallest absolute Gasteiger partial charge is 0.272 e. The summed E-state index contributed by atoms with van der Waals surface area (Å²) < 4.78 is 1.22. The van der Waals surface area contributed by atoms with E-state index in [1.807, 2.05) is 0 Å². The molecule has 12 heavy (non-hydrogen) atoms. The molecular weight excluding hydrogens is 178 g/mol. The predicted molar refractivity (Wildman–Crippen MR) is 47.8 cm³/mol. The molecule has 0 saturated carbocycles. The summed E-state index contributed by atoms with van der Waals surface area (Å²) in [5, 5.41) is 9.48. The van der Waals surface area contributed by atoms with Crippen molar-refractivity contribution < 1.29 is 5.11 Å². The van der Waals surface area contributed by atoms with Gasteiger partial charge in [-0.2, -0.15) is 0 Å². The van der Waals surface area contributed by atoms with E-state index in [0.29, 0.717) is 12.1 Å². The summed E-state index contributed by atoms with van der Waals surface area (Å²) in [5.41, 5.74) is 0.264. The molecule has 0 unspecified atom stereocenters. The van der Waals surface area contributed by atoms with E-state index < -0.39 is 0 Å². The maximum absolute atomic E-state index is 11.3. The highest BCUT2D eigenvalue weighted by Crippen LogP contribution is 2.15. The predicted octanol–water partition coefficient (Wildman–Crippen LogP) is 1.54. The van der Waals surface area contributed by atoms with Crippen LogP contribution in [0.2, 0.25) is 5.02 Å². The lowest BCUT2D eigenvalue weighted by Gasteiger charge is -2.06. The van der Waals surface area contributed by atoms with E-state index >= 15 is 0 Å². The molecule has 1 heterocycles. The van der Waals surface area contributed by atoms with E-state index in [-0.39, 0.29) is 16.5 Å². The lowest BCUT2D eigenvalue weighted by Crippen LogP contribution is -2.20. The van der Waals surface area contributed by atoms with Crippen LogP contribution in [0.3, 0.4) is 0 Å². The van der Waals surface area contributed by atoms with Crippen LogP contribution >= 0.6 is 11.6 Å². The average molecular weight is 188 g/mol. The van der Waals surface area contributed by atoms with Gasteiger partial charge in [-0.15, -0.1) is 0 Å². The molecule has 0 spiro atoms. The van der Waals surface area contributed by atoms with Crippen molar-refractivity contribution in [2.24, 2.45) is 0 Å². The second kappa shape index (κ2) is 3.19. The SMILES string of the molecule is CCn1c(O)cc(C)c(Cl)c1=O. The minimum atomic E-state index is -0.336. The molecule has 0 radical (unpaired) electrons. The second-order valence-electron chi connectivity index (χ2n) is 2.55. The zero-order valence-electron chi connectivity index (χ0n) is 6.97. The molecule has 0 aliphatic heterocycles. The number of nitrogens with zero attached hydrogens (tertiary/aromatic N) is 1. The van der Waals surface area contributed by atoms with E-state index in [4.69, 9.17) is 11.6 Å². The third-order valence-corrected chi connectivity index (χ3v) is 2.18. The Morgan fingerprint density at radius 3 is 2.75 bits per heavy atom. The first-order chi connectivity index (χ1) is 5.57. The fourth-order valence-corrected chi connectivity index (χ4v) is 1.19. The molecule has 4 heteroatoms. The standard InChI is InChI=1S/C8H10ClNO2/c1-3-10-6(11)4-5(2)7(9)8(10)12/h4,11H,3H2,1-2H3. The van der Waals surface area contributed by atoms with E-state index in [1.165, 1.54) is 10.6 Å². The van der Waals surface area contributed by atoms with Gasteiger partial charge < -0.3 is 5.11 Å². The molecule has 0 aromatic carbocycles. The summed E-state index contributed by atoms with van der Waals surface area (Å²) in [6, 6.07) is 1.48. The Bertz CT molecular complexity index is 357. The van der Waals surface area contributed by atoms with Crippen molar-refractivity contribution >= 4 is 11.6 Å². The van der Waals surface area contributed by atoms with Gasteiger partial charge in [-0.05, 0) is 19.4 Å². The molecule has 1 aromatic heterocycles. The number of hydrogen-bond acceptors (Lipinski definition) is 2. The Balaban J connectivity index is 3.52. The van der Waals surface area contributed by atoms with Gasteiger partial charge >= 0.3 is 0 Å². The van der Waals surface area contributed by atoms with Gasteiger partial charge in [-0.25, -0.2) is 0 Å². The summed E-state index contributed by atoms with van der Waals surface area (Å²) in [6.07, 6.45) is 0. The topological polar surface area (TPSA) is 42.2 Å². The Morgan fingerprint density at radius 2 is 2.25 bits per heavy atom. The lowest BCUT2D eigenvalue weighted by atomic mass is 10.3. The Kier molecular flexibility index (Phi) is 2.43. The normalized spacial score (nSPS) is 10.2. The van der Waals surface area contributed by atoms with E-state index in [1.54, 1.807) is 13.8 Å². The molecule has 0 bridgehead atoms. The second-order valence-corrected chi connectivity index (χ2v) is 2.93. The van der Waals surface area contributed by atoms with Crippen LogP contribution in [0.5, 0.6) is 5.88 Å². The van der Waals surface area contributed by atoms with Crippen molar-refractivity contribution in [2.75, 3.05) is 0 Å². The maximum Gasteiger partial charge on any atom is 0.272 e. The fraction of sp³-hybridized carbons (Fsp3) is 0.375. The van der Waals surface area contributed by atoms with Crippen molar-refractivity contribution in [3.63, 3.8) is 0 Å². The molecule has 0 amide bonds. The molecule has 66 valence electrons. The number of hydrogen-bond donors (Lipinski definition) is 1. The molecule has 0 aliphatic rings. The van der Waals surface area contributed by atoms with Crippen molar-refractivity contribution in [3.05, 3.63) is 27.0 Å². The van der Waals surface area contributed by atoms with Gasteiger partial charge in [0.25, 0.3) is 5.56 Å². The monoisotopic (exact) mass is 187 g/mol. The van der Waals surface area contributed by atoms with Gasteiger partial charge in [0.1, 0.15) is 5.02 Å². The third-order valence-electron chi connectivity index (χ3n) is 1.72. The van der Waals surface area contributed by atoms with E-state index in [9.17, 15) is 9.90 Å². The summed E-state index contributed by atoms with van der Waals surface area (Å²) >= 11 is 5.69. The number of halogens is 1. The van der Waals surface area contributed by atoms with Crippen LogP contribution in [0.15, 0.2) is 10.9 Å². The number of aryl methyl sites for hydroxylation is 1. The molecule has 0 atom stereocenters. The molecular formula is C8H10ClNO2. The van der Waals surface area contributed by atoms with Gasteiger partial charge in [0.15, 0.2) is 5.88 Å². The van der Waals surface area contributed by atoms with Gasteiger partial charge in [-0.1, -0.05) is 11.6 Å². The van der Waals surface area contributed by atoms with Crippen LogP contribution in [0.4, 0.5) is 0 Å². The van der Waals surface area contributed by atoms with Crippen LogP contribution in [-0.4, -0.2) is 9.67 Å². The van der Waals surface area contributed by atoms with Gasteiger partial charge in [0, 0.05) is 12.6 Å².